The molecule has 7 nitrogen and oxygen atoms in total. The fourth-order valence-corrected chi connectivity index (χ4v) is 1.37. The normalized spacial score (nSPS) is 13.5. The number of aliphatic hydroxyl groups excluding tert-OH is 2. The molecule has 0 aliphatic rings. The van der Waals surface area contributed by atoms with E-state index in [9.17, 15) is 14.7 Å². The zero-order chi connectivity index (χ0) is 13.7. The summed E-state index contributed by atoms with van der Waals surface area (Å²) in [7, 11) is 0. The molecule has 0 amide bonds. The highest BCUT2D eigenvalue weighted by Gasteiger charge is 2.32. The van der Waals surface area contributed by atoms with Gasteiger partial charge < -0.3 is 20.2 Å². The van der Waals surface area contributed by atoms with E-state index in [1.54, 1.807) is 30.3 Å². The minimum Gasteiger partial charge on any atom is -0.479 e. The van der Waals surface area contributed by atoms with Crippen molar-refractivity contribution >= 4 is 33.8 Å². The molecule has 18 heavy (non-hydrogen) atoms. The molecule has 0 bridgehead atoms. The molecule has 2 unspecified atom stereocenters. The van der Waals surface area contributed by atoms with Gasteiger partial charge in [0.1, 0.15) is 0 Å². The Kier molecular flexibility index (Phi) is 5.08. The molecule has 2 atom stereocenters. The summed E-state index contributed by atoms with van der Waals surface area (Å²) in [5, 5.41) is 26.6. The maximum atomic E-state index is 11.3. The van der Waals surface area contributed by atoms with Gasteiger partial charge in [-0.2, -0.15) is 0 Å². The summed E-state index contributed by atoms with van der Waals surface area (Å²) < 4.78 is 0.868. The predicted octanol–water partition coefficient (Wildman–Crippen LogP) is 0.0675. The lowest BCUT2D eigenvalue weighted by molar-refractivity contribution is -0.169. The number of carbonyl (C=O) groups is 2. The highest BCUT2D eigenvalue weighted by molar-refractivity contribution is 9.10. The van der Waals surface area contributed by atoms with Crippen molar-refractivity contribution in [2.45, 2.75) is 12.2 Å². The maximum absolute atomic E-state index is 11.3. The molecule has 1 aromatic carbocycles. The van der Waals surface area contributed by atoms with Gasteiger partial charge in [-0.05, 0) is 12.1 Å². The molecule has 0 heterocycles. The van der Waals surface area contributed by atoms with Crippen LogP contribution in [-0.2, 0) is 14.4 Å². The average Bonchev–Trinajstić information content (AvgIpc) is 2.37. The summed E-state index contributed by atoms with van der Waals surface area (Å²) in [5.74, 6) is -3.02. The lowest BCUT2D eigenvalue weighted by Gasteiger charge is -2.18. The molecule has 0 spiro atoms. The molecule has 0 aromatic heterocycles. The van der Waals surface area contributed by atoms with E-state index >= 15 is 0 Å². The minimum absolute atomic E-state index is 0.447. The van der Waals surface area contributed by atoms with Gasteiger partial charge in [0.2, 0.25) is 0 Å². The SMILES string of the molecule is O=C(O)C(O)C(O)C(=O)ON(Br)c1ccccc1. The number of nitrogens with zero attached hydrogens (tertiary/aromatic N) is 1. The van der Waals surface area contributed by atoms with E-state index < -0.39 is 24.1 Å². The van der Waals surface area contributed by atoms with Crippen molar-refractivity contribution in [1.82, 2.24) is 0 Å². The molecule has 0 aliphatic carbocycles. The van der Waals surface area contributed by atoms with Gasteiger partial charge in [0.05, 0.1) is 21.8 Å². The predicted molar refractivity (Wildman–Crippen MR) is 63.6 cm³/mol. The van der Waals surface area contributed by atoms with Crippen LogP contribution in [0.3, 0.4) is 0 Å². The van der Waals surface area contributed by atoms with Gasteiger partial charge in [-0.15, -0.1) is 4.09 Å². The van der Waals surface area contributed by atoms with Crippen molar-refractivity contribution in [2.24, 2.45) is 0 Å². The van der Waals surface area contributed by atoms with E-state index in [1.807, 2.05) is 0 Å². The Labute approximate surface area is 111 Å². The smallest absolute Gasteiger partial charge is 0.365 e. The number of anilines is 1. The Bertz CT molecular complexity index is 426. The van der Waals surface area contributed by atoms with Crippen LogP contribution in [0.4, 0.5) is 5.69 Å². The van der Waals surface area contributed by atoms with Crippen molar-refractivity contribution in [3.8, 4) is 0 Å². The van der Waals surface area contributed by atoms with Gasteiger partial charge in [0, 0.05) is 0 Å². The fourth-order valence-electron chi connectivity index (χ4n) is 0.995. The Morgan fingerprint density at radius 2 is 1.72 bits per heavy atom. The summed E-state index contributed by atoms with van der Waals surface area (Å²) in [5.41, 5.74) is 0.447. The molecule has 0 radical (unpaired) electrons. The lowest BCUT2D eigenvalue weighted by atomic mass is 10.2. The Balaban J connectivity index is 2.62. The largest absolute Gasteiger partial charge is 0.479 e. The molecule has 0 fully saturated rings. The first kappa shape index (κ1) is 14.4. The standard InChI is InChI=1S/C10H10BrNO6/c11-12(6-4-2-1-3-5-6)18-10(17)8(14)7(13)9(15)16/h1-5,7-8,13-14H,(H,15,16). The van der Waals surface area contributed by atoms with Crippen LogP contribution in [0.5, 0.6) is 0 Å². The fraction of sp³-hybridized carbons (Fsp3) is 0.200. The van der Waals surface area contributed by atoms with E-state index in [4.69, 9.17) is 10.2 Å². The molecule has 0 saturated heterocycles. The van der Waals surface area contributed by atoms with E-state index in [0.29, 0.717) is 5.69 Å². The molecule has 98 valence electrons. The van der Waals surface area contributed by atoms with Crippen molar-refractivity contribution in [3.05, 3.63) is 30.3 Å². The lowest BCUT2D eigenvalue weighted by Crippen LogP contribution is -2.42. The van der Waals surface area contributed by atoms with Crippen LogP contribution in [0.15, 0.2) is 30.3 Å². The molecule has 1 rings (SSSR count). The number of carboxylic acids is 1. The third-order valence-electron chi connectivity index (χ3n) is 1.92. The van der Waals surface area contributed by atoms with Gasteiger partial charge in [-0.25, -0.2) is 9.59 Å². The van der Waals surface area contributed by atoms with Gasteiger partial charge in [-0.1, -0.05) is 18.2 Å². The molecule has 3 N–H and O–H groups in total. The first-order chi connectivity index (χ1) is 8.43. The second-order valence-electron chi connectivity index (χ2n) is 3.22. The quantitative estimate of drug-likeness (QED) is 0.520. The number of aliphatic hydroxyl groups is 2. The highest BCUT2D eigenvalue weighted by atomic mass is 79.9. The van der Waals surface area contributed by atoms with Gasteiger partial charge in [0.25, 0.3) is 0 Å². The zero-order valence-electron chi connectivity index (χ0n) is 8.93. The van der Waals surface area contributed by atoms with Crippen molar-refractivity contribution in [3.63, 3.8) is 0 Å². The number of para-hydroxylation sites is 1. The van der Waals surface area contributed by atoms with Crippen LogP contribution < -0.4 is 4.09 Å². The number of carbonyl (C=O) groups excluding carboxylic acids is 1. The van der Waals surface area contributed by atoms with Crippen LogP contribution >= 0.6 is 16.1 Å². The van der Waals surface area contributed by atoms with Crippen molar-refractivity contribution in [2.75, 3.05) is 4.09 Å². The number of rotatable bonds is 5. The minimum atomic E-state index is -2.24. The first-order valence-corrected chi connectivity index (χ1v) is 5.46. The molecule has 1 aromatic rings. The summed E-state index contributed by atoms with van der Waals surface area (Å²) in [6.07, 6.45) is -4.42. The van der Waals surface area contributed by atoms with Crippen LogP contribution in [0.1, 0.15) is 0 Å². The molecule has 0 saturated carbocycles. The van der Waals surface area contributed by atoms with E-state index in [-0.39, 0.29) is 0 Å². The van der Waals surface area contributed by atoms with E-state index in [0.717, 1.165) is 4.09 Å². The summed E-state index contributed by atoms with van der Waals surface area (Å²) in [6, 6.07) is 8.30. The van der Waals surface area contributed by atoms with E-state index in [1.165, 1.54) is 0 Å². The molecule has 0 aliphatic heterocycles. The first-order valence-electron chi connectivity index (χ1n) is 4.75. The highest BCUT2D eigenvalue weighted by Crippen LogP contribution is 2.18. The van der Waals surface area contributed by atoms with E-state index in [2.05, 4.69) is 21.0 Å². The second kappa shape index (κ2) is 6.34. The third kappa shape index (κ3) is 3.69. The number of aliphatic carboxylic acids is 1. The number of hydrogen-bond donors (Lipinski definition) is 3. The number of hydrogen-bond acceptors (Lipinski definition) is 6. The van der Waals surface area contributed by atoms with Crippen LogP contribution in [0.2, 0.25) is 0 Å². The number of benzene rings is 1. The Hall–Kier alpha value is -1.64. The summed E-state index contributed by atoms with van der Waals surface area (Å²) >= 11 is 2.89. The van der Waals surface area contributed by atoms with Gasteiger partial charge >= 0.3 is 11.9 Å². The summed E-state index contributed by atoms with van der Waals surface area (Å²) in [6.45, 7) is 0. The average molecular weight is 320 g/mol. The Morgan fingerprint density at radius 1 is 1.17 bits per heavy atom. The van der Waals surface area contributed by atoms with Crippen molar-refractivity contribution < 1.29 is 29.7 Å². The molecular weight excluding hydrogens is 310 g/mol. The second-order valence-corrected chi connectivity index (χ2v) is 3.86. The topological polar surface area (TPSA) is 107 Å². The number of halogens is 1. The van der Waals surface area contributed by atoms with Gasteiger partial charge in [-0.3, -0.25) is 0 Å². The third-order valence-corrected chi connectivity index (χ3v) is 2.48. The number of carboxylic acid groups (broad SMARTS) is 1. The van der Waals surface area contributed by atoms with Gasteiger partial charge in [0.15, 0.2) is 12.2 Å². The van der Waals surface area contributed by atoms with Crippen LogP contribution in [-0.4, -0.2) is 39.5 Å². The van der Waals surface area contributed by atoms with Crippen molar-refractivity contribution in [1.29, 1.82) is 0 Å². The zero-order valence-corrected chi connectivity index (χ0v) is 10.5. The monoisotopic (exact) mass is 319 g/mol. The summed E-state index contributed by atoms with van der Waals surface area (Å²) in [4.78, 5) is 26.3. The maximum Gasteiger partial charge on any atom is 0.365 e. The Morgan fingerprint density at radius 3 is 2.22 bits per heavy atom. The van der Waals surface area contributed by atoms with Crippen LogP contribution in [0.25, 0.3) is 0 Å². The molecular formula is C10H10BrNO6. The molecule has 8 heteroatoms. The van der Waals surface area contributed by atoms with Crippen LogP contribution in [0, 0.1) is 0 Å².